The number of anilines is 1. The third-order valence-corrected chi connectivity index (χ3v) is 4.36. The van der Waals surface area contributed by atoms with Crippen molar-refractivity contribution in [3.63, 3.8) is 0 Å². The van der Waals surface area contributed by atoms with E-state index < -0.39 is 5.97 Å². The second-order valence-electron chi connectivity index (χ2n) is 6.43. The summed E-state index contributed by atoms with van der Waals surface area (Å²) in [5.41, 5.74) is 1.71. The van der Waals surface area contributed by atoms with Crippen molar-refractivity contribution in [2.45, 2.75) is 19.8 Å². The Morgan fingerprint density at radius 2 is 1.77 bits per heavy atom. The molecule has 31 heavy (non-hydrogen) atoms. The predicted molar refractivity (Wildman–Crippen MR) is 112 cm³/mol. The lowest BCUT2D eigenvalue weighted by molar-refractivity contribution is -0.116. The molecule has 3 rings (SSSR count). The maximum atomic E-state index is 12.2. The molecule has 0 saturated heterocycles. The number of carbonyl (C=O) groups is 2. The van der Waals surface area contributed by atoms with Gasteiger partial charge in [0, 0.05) is 24.1 Å². The van der Waals surface area contributed by atoms with Crippen LogP contribution < -0.4 is 14.8 Å². The molecule has 0 fully saturated rings. The summed E-state index contributed by atoms with van der Waals surface area (Å²) < 4.78 is 20.7. The van der Waals surface area contributed by atoms with Crippen LogP contribution in [-0.4, -0.2) is 42.8 Å². The van der Waals surface area contributed by atoms with Gasteiger partial charge in [0.15, 0.2) is 11.5 Å². The number of rotatable bonds is 9. The van der Waals surface area contributed by atoms with E-state index in [9.17, 15) is 9.59 Å². The average Bonchev–Trinajstić information content (AvgIpc) is 3.27. The third-order valence-electron chi connectivity index (χ3n) is 4.36. The summed E-state index contributed by atoms with van der Waals surface area (Å²) in [5, 5.41) is 6.73. The van der Waals surface area contributed by atoms with E-state index in [0.717, 1.165) is 0 Å². The Morgan fingerprint density at radius 1 is 1.03 bits per heavy atom. The zero-order valence-electron chi connectivity index (χ0n) is 17.5. The average molecular weight is 425 g/mol. The number of benzene rings is 2. The van der Waals surface area contributed by atoms with Gasteiger partial charge in [-0.25, -0.2) is 4.79 Å². The maximum Gasteiger partial charge on any atom is 0.338 e. The summed E-state index contributed by atoms with van der Waals surface area (Å²) in [4.78, 5) is 28.2. The fourth-order valence-corrected chi connectivity index (χ4v) is 2.80. The number of hydrogen-bond acceptors (Lipinski definition) is 8. The Morgan fingerprint density at radius 3 is 2.45 bits per heavy atom. The number of hydrogen-bond donors (Lipinski definition) is 1. The van der Waals surface area contributed by atoms with Crippen LogP contribution in [0.2, 0.25) is 0 Å². The number of methoxy groups -OCH3 is 2. The molecule has 0 aliphatic rings. The Labute approximate surface area is 179 Å². The van der Waals surface area contributed by atoms with E-state index in [0.29, 0.717) is 46.6 Å². The number of nitrogens with one attached hydrogen (secondary N) is 1. The van der Waals surface area contributed by atoms with E-state index in [-0.39, 0.29) is 18.7 Å². The summed E-state index contributed by atoms with van der Waals surface area (Å²) in [6, 6.07) is 11.8. The summed E-state index contributed by atoms with van der Waals surface area (Å²) in [6.45, 7) is 2.05. The third kappa shape index (κ3) is 5.59. The largest absolute Gasteiger partial charge is 0.493 e. The monoisotopic (exact) mass is 425 g/mol. The lowest BCUT2D eigenvalue weighted by Crippen LogP contribution is -2.12. The molecule has 3 aromatic rings. The van der Waals surface area contributed by atoms with Gasteiger partial charge in [0.05, 0.1) is 26.4 Å². The number of ether oxygens (including phenoxy) is 3. The van der Waals surface area contributed by atoms with Gasteiger partial charge in [0.25, 0.3) is 0 Å². The van der Waals surface area contributed by atoms with Crippen molar-refractivity contribution in [3.05, 3.63) is 53.9 Å². The highest BCUT2D eigenvalue weighted by Crippen LogP contribution is 2.31. The van der Waals surface area contributed by atoms with Gasteiger partial charge in [-0.05, 0) is 49.4 Å². The van der Waals surface area contributed by atoms with Crippen LogP contribution in [0.3, 0.4) is 0 Å². The Hall–Kier alpha value is -3.88. The van der Waals surface area contributed by atoms with Gasteiger partial charge in [0.2, 0.25) is 17.6 Å². The summed E-state index contributed by atoms with van der Waals surface area (Å²) in [6.07, 6.45) is 0.445. The molecule has 1 amide bonds. The smallest absolute Gasteiger partial charge is 0.338 e. The van der Waals surface area contributed by atoms with Crippen molar-refractivity contribution >= 4 is 17.6 Å². The van der Waals surface area contributed by atoms with Gasteiger partial charge in [-0.1, -0.05) is 5.16 Å². The molecular weight excluding hydrogens is 402 g/mol. The van der Waals surface area contributed by atoms with E-state index in [1.54, 1.807) is 63.6 Å². The number of amides is 1. The van der Waals surface area contributed by atoms with Gasteiger partial charge in [-0.3, -0.25) is 4.79 Å². The van der Waals surface area contributed by atoms with Crippen LogP contribution in [0, 0.1) is 0 Å². The molecule has 162 valence electrons. The highest BCUT2D eigenvalue weighted by molar-refractivity contribution is 5.93. The van der Waals surface area contributed by atoms with Gasteiger partial charge in [0.1, 0.15) is 0 Å². The molecule has 1 N–H and O–H groups in total. The van der Waals surface area contributed by atoms with Gasteiger partial charge in [-0.2, -0.15) is 4.98 Å². The molecule has 9 heteroatoms. The van der Waals surface area contributed by atoms with Crippen molar-refractivity contribution in [2.24, 2.45) is 0 Å². The molecule has 0 aliphatic carbocycles. The van der Waals surface area contributed by atoms with Gasteiger partial charge in [-0.15, -0.1) is 0 Å². The topological polar surface area (TPSA) is 113 Å². The van der Waals surface area contributed by atoms with Crippen LogP contribution in [0.1, 0.15) is 29.6 Å². The molecular formula is C22H23N3O6. The van der Waals surface area contributed by atoms with Crippen molar-refractivity contribution in [1.82, 2.24) is 10.1 Å². The van der Waals surface area contributed by atoms with E-state index in [4.69, 9.17) is 18.7 Å². The van der Waals surface area contributed by atoms with Gasteiger partial charge < -0.3 is 24.1 Å². The minimum atomic E-state index is -0.401. The zero-order valence-corrected chi connectivity index (χ0v) is 17.5. The molecule has 0 bridgehead atoms. The van der Waals surface area contributed by atoms with Crippen LogP contribution in [-0.2, 0) is 16.0 Å². The molecule has 0 saturated carbocycles. The second kappa shape index (κ2) is 10.2. The SMILES string of the molecule is CCOC(=O)c1ccc(NC(=O)CCc2nc(-c3ccc(OC)c(OC)c3)no2)cc1. The highest BCUT2D eigenvalue weighted by atomic mass is 16.5. The van der Waals surface area contributed by atoms with Crippen LogP contribution in [0.15, 0.2) is 47.0 Å². The molecule has 1 aromatic heterocycles. The van der Waals surface area contributed by atoms with E-state index in [1.807, 2.05) is 0 Å². The quantitative estimate of drug-likeness (QED) is 0.518. The summed E-state index contributed by atoms with van der Waals surface area (Å²) in [5.74, 6) is 1.28. The number of nitrogens with zero attached hydrogens (tertiary/aromatic N) is 2. The number of aryl methyl sites for hydroxylation is 1. The lowest BCUT2D eigenvalue weighted by Gasteiger charge is -2.07. The highest BCUT2D eigenvalue weighted by Gasteiger charge is 2.14. The molecule has 0 radical (unpaired) electrons. The van der Waals surface area contributed by atoms with Crippen LogP contribution >= 0.6 is 0 Å². The molecule has 2 aromatic carbocycles. The first kappa shape index (κ1) is 21.8. The Kier molecular flexibility index (Phi) is 7.21. The van der Waals surface area contributed by atoms with E-state index in [1.165, 1.54) is 0 Å². The van der Waals surface area contributed by atoms with Crippen LogP contribution in [0.5, 0.6) is 11.5 Å². The molecule has 9 nitrogen and oxygen atoms in total. The van der Waals surface area contributed by atoms with Gasteiger partial charge >= 0.3 is 5.97 Å². The van der Waals surface area contributed by atoms with E-state index in [2.05, 4.69) is 15.5 Å². The Bertz CT molecular complexity index is 1050. The van der Waals surface area contributed by atoms with Crippen molar-refractivity contribution in [1.29, 1.82) is 0 Å². The number of esters is 1. The fraction of sp³-hybridized carbons (Fsp3) is 0.273. The first-order valence-electron chi connectivity index (χ1n) is 9.66. The number of aromatic nitrogens is 2. The second-order valence-corrected chi connectivity index (χ2v) is 6.43. The van der Waals surface area contributed by atoms with Crippen molar-refractivity contribution in [2.75, 3.05) is 26.1 Å². The maximum absolute atomic E-state index is 12.2. The normalized spacial score (nSPS) is 10.4. The number of carbonyl (C=O) groups excluding carboxylic acids is 2. The summed E-state index contributed by atoms with van der Waals surface area (Å²) >= 11 is 0. The molecule has 0 aliphatic heterocycles. The standard InChI is InChI=1S/C22H23N3O6/c1-4-30-22(27)14-5-8-16(9-6-14)23-19(26)11-12-20-24-21(25-31-20)15-7-10-17(28-2)18(13-15)29-3/h5-10,13H,4,11-12H2,1-3H3,(H,23,26). The molecule has 0 atom stereocenters. The van der Waals surface area contributed by atoms with Crippen LogP contribution in [0.4, 0.5) is 5.69 Å². The zero-order chi connectivity index (χ0) is 22.2. The minimum Gasteiger partial charge on any atom is -0.493 e. The van der Waals surface area contributed by atoms with Crippen molar-refractivity contribution in [3.8, 4) is 22.9 Å². The predicted octanol–water partition coefficient (Wildman–Crippen LogP) is 3.50. The lowest BCUT2D eigenvalue weighted by atomic mass is 10.2. The fourth-order valence-electron chi connectivity index (χ4n) is 2.80. The molecule has 0 spiro atoms. The molecule has 1 heterocycles. The molecule has 0 unspecified atom stereocenters. The Balaban J connectivity index is 1.56. The van der Waals surface area contributed by atoms with E-state index >= 15 is 0 Å². The first-order valence-corrected chi connectivity index (χ1v) is 9.66. The van der Waals surface area contributed by atoms with Crippen LogP contribution in [0.25, 0.3) is 11.4 Å². The first-order chi connectivity index (χ1) is 15.0. The minimum absolute atomic E-state index is 0.160. The summed E-state index contributed by atoms with van der Waals surface area (Å²) in [7, 11) is 3.11. The van der Waals surface area contributed by atoms with Crippen molar-refractivity contribution < 1.29 is 28.3 Å².